The van der Waals surface area contributed by atoms with E-state index >= 15 is 0 Å². The van der Waals surface area contributed by atoms with Crippen molar-refractivity contribution in [2.24, 2.45) is 10.2 Å². The molecular weight excluding hydrogens is 495 g/mol. The number of fused-ring (bicyclic) bond motifs is 1. The van der Waals surface area contributed by atoms with E-state index in [-0.39, 0.29) is 61.9 Å². The van der Waals surface area contributed by atoms with E-state index in [0.29, 0.717) is 16.3 Å². The van der Waals surface area contributed by atoms with Gasteiger partial charge in [0.1, 0.15) is 15.8 Å². The SMILES string of the molecule is Cc1cc(S(=O)(=O)[O-])c(N=Nc2c([O-])c(C(=O)O)cc3ccccc23)cc1Cl.[Sr]. The van der Waals surface area contributed by atoms with Gasteiger partial charge in [0, 0.05) is 55.9 Å². The summed E-state index contributed by atoms with van der Waals surface area (Å²) in [5.74, 6) is -2.33. The molecule has 2 radical (unpaired) electrons. The van der Waals surface area contributed by atoms with Crippen LogP contribution in [-0.2, 0) is 10.1 Å². The second-order valence-electron chi connectivity index (χ2n) is 5.85. The fourth-order valence-electron chi connectivity index (χ4n) is 2.59. The van der Waals surface area contributed by atoms with E-state index in [2.05, 4.69) is 10.2 Å². The number of hydrogen-bond donors (Lipinski definition) is 1. The van der Waals surface area contributed by atoms with Crippen LogP contribution in [0.1, 0.15) is 15.9 Å². The second-order valence-corrected chi connectivity index (χ2v) is 7.61. The van der Waals surface area contributed by atoms with Crippen LogP contribution in [-0.4, -0.2) is 69.5 Å². The van der Waals surface area contributed by atoms with Gasteiger partial charge in [-0.15, -0.1) is 5.11 Å². The van der Waals surface area contributed by atoms with Crippen molar-refractivity contribution in [1.82, 2.24) is 0 Å². The van der Waals surface area contributed by atoms with Crippen LogP contribution in [0, 0.1) is 6.92 Å². The molecule has 0 aliphatic carbocycles. The Morgan fingerprint density at radius 2 is 1.79 bits per heavy atom. The molecule has 0 aliphatic rings. The summed E-state index contributed by atoms with van der Waals surface area (Å²) in [6, 6.07) is 9.83. The van der Waals surface area contributed by atoms with E-state index in [9.17, 15) is 28.0 Å². The summed E-state index contributed by atoms with van der Waals surface area (Å²) < 4.78 is 34.5. The first kappa shape index (κ1) is 23.7. The third-order valence-electron chi connectivity index (χ3n) is 3.97. The zero-order chi connectivity index (χ0) is 20.6. The minimum Gasteiger partial charge on any atom is -0.870 e. The predicted molar refractivity (Wildman–Crippen MR) is 104 cm³/mol. The first-order valence-corrected chi connectivity index (χ1v) is 9.52. The first-order valence-electron chi connectivity index (χ1n) is 7.73. The molecule has 3 aromatic carbocycles. The third kappa shape index (κ3) is 4.97. The molecule has 3 aromatic rings. The molecule has 0 aromatic heterocycles. The molecule has 3 rings (SSSR count). The van der Waals surface area contributed by atoms with Crippen LogP contribution in [0.4, 0.5) is 11.4 Å². The summed E-state index contributed by atoms with van der Waals surface area (Å²) in [5, 5.41) is 30.2. The van der Waals surface area contributed by atoms with Crippen molar-refractivity contribution in [3.63, 3.8) is 0 Å². The Bertz CT molecular complexity index is 1260. The molecule has 0 atom stereocenters. The number of aryl methyl sites for hydroxylation is 1. The van der Waals surface area contributed by atoms with Crippen LogP contribution in [0.25, 0.3) is 10.8 Å². The maximum Gasteiger partial charge on any atom is 0.335 e. The molecule has 0 unspecified atom stereocenters. The fraction of sp³-hybridized carbons (Fsp3) is 0.0556. The van der Waals surface area contributed by atoms with Crippen molar-refractivity contribution < 1.29 is 28.0 Å². The average molecular weight is 506 g/mol. The van der Waals surface area contributed by atoms with E-state index in [1.807, 2.05) is 0 Å². The summed E-state index contributed by atoms with van der Waals surface area (Å²) in [4.78, 5) is 10.7. The number of carboxylic acid groups (broad SMARTS) is 1. The van der Waals surface area contributed by atoms with Gasteiger partial charge in [-0.05, 0) is 36.1 Å². The Kier molecular flexibility index (Phi) is 7.44. The summed E-state index contributed by atoms with van der Waals surface area (Å²) in [7, 11) is -4.89. The second kappa shape index (κ2) is 9.09. The van der Waals surface area contributed by atoms with E-state index < -0.39 is 32.3 Å². The van der Waals surface area contributed by atoms with E-state index in [1.54, 1.807) is 24.3 Å². The molecular formula is C18H11ClN2O6SSr-2. The maximum absolute atomic E-state index is 12.5. The smallest absolute Gasteiger partial charge is 0.335 e. The number of rotatable bonds is 4. The Labute approximate surface area is 207 Å². The molecule has 8 nitrogen and oxygen atoms in total. The van der Waals surface area contributed by atoms with E-state index in [4.69, 9.17) is 11.6 Å². The summed E-state index contributed by atoms with van der Waals surface area (Å²) >= 11 is 5.97. The minimum absolute atomic E-state index is 0. The van der Waals surface area contributed by atoms with Crippen LogP contribution < -0.4 is 5.11 Å². The van der Waals surface area contributed by atoms with E-state index in [0.717, 1.165) is 12.1 Å². The summed E-state index contributed by atoms with van der Waals surface area (Å²) in [6.07, 6.45) is 0. The molecule has 0 aliphatic heterocycles. The number of carboxylic acids is 1. The maximum atomic E-state index is 12.5. The minimum atomic E-state index is -4.89. The number of hydrogen-bond acceptors (Lipinski definition) is 7. The van der Waals surface area contributed by atoms with Crippen molar-refractivity contribution in [3.8, 4) is 5.75 Å². The molecule has 29 heavy (non-hydrogen) atoms. The zero-order valence-electron chi connectivity index (χ0n) is 14.9. The quantitative estimate of drug-likeness (QED) is 0.326. The first-order chi connectivity index (χ1) is 13.1. The summed E-state index contributed by atoms with van der Waals surface area (Å²) in [6.45, 7) is 1.51. The van der Waals surface area contributed by atoms with Crippen LogP contribution in [0.2, 0.25) is 5.02 Å². The Balaban J connectivity index is 0.00000300. The van der Waals surface area contributed by atoms with Crippen LogP contribution >= 0.6 is 11.6 Å². The van der Waals surface area contributed by atoms with Crippen molar-refractivity contribution in [2.45, 2.75) is 11.8 Å². The normalized spacial score (nSPS) is 11.6. The monoisotopic (exact) mass is 506 g/mol. The van der Waals surface area contributed by atoms with Crippen molar-refractivity contribution in [3.05, 3.63) is 58.6 Å². The number of carbonyl (C=O) groups is 1. The standard InChI is InChI=1S/C18H13ClN2O6S.Sr/c1-9-6-15(28(25,26)27)14(8-13(9)19)20-21-16-11-5-3-2-4-10(11)7-12(17(16)22)18(23)24;/h2-8,22H,1H3,(H,23,24)(H,25,26,27);/p-2. The average Bonchev–Trinajstić information content (AvgIpc) is 2.61. The van der Waals surface area contributed by atoms with E-state index in [1.165, 1.54) is 13.0 Å². The molecule has 1 N–H and O–H groups in total. The number of benzene rings is 3. The molecule has 0 fully saturated rings. The van der Waals surface area contributed by atoms with Gasteiger partial charge in [0.25, 0.3) is 0 Å². The molecule has 0 heterocycles. The number of halogens is 1. The third-order valence-corrected chi connectivity index (χ3v) is 5.25. The topological polar surface area (TPSA) is 142 Å². The zero-order valence-corrected chi connectivity index (χ0v) is 20.0. The molecule has 11 heteroatoms. The van der Waals surface area contributed by atoms with Crippen LogP contribution in [0.5, 0.6) is 5.75 Å². The van der Waals surface area contributed by atoms with Gasteiger partial charge in [-0.3, -0.25) is 0 Å². The van der Waals surface area contributed by atoms with Crippen LogP contribution in [0.15, 0.2) is 57.6 Å². The Morgan fingerprint density at radius 3 is 2.41 bits per heavy atom. The van der Waals surface area contributed by atoms with Crippen LogP contribution in [0.3, 0.4) is 0 Å². The van der Waals surface area contributed by atoms with Gasteiger partial charge in [-0.25, -0.2) is 13.2 Å². The van der Waals surface area contributed by atoms with Gasteiger partial charge < -0.3 is 14.8 Å². The predicted octanol–water partition coefficient (Wildman–Crippen LogP) is 3.51. The van der Waals surface area contributed by atoms with Gasteiger partial charge >= 0.3 is 5.97 Å². The number of nitrogens with zero attached hydrogens (tertiary/aromatic N) is 2. The molecule has 0 saturated carbocycles. The Morgan fingerprint density at radius 1 is 1.14 bits per heavy atom. The number of azo groups is 1. The van der Waals surface area contributed by atoms with Crippen molar-refractivity contribution >= 4 is 95.3 Å². The van der Waals surface area contributed by atoms with Gasteiger partial charge in [-0.2, -0.15) is 5.11 Å². The molecule has 0 saturated heterocycles. The summed E-state index contributed by atoms with van der Waals surface area (Å²) in [5.41, 5.74) is -0.805. The molecule has 0 bridgehead atoms. The van der Waals surface area contributed by atoms with Gasteiger partial charge in [0.15, 0.2) is 0 Å². The number of aromatic carboxylic acids is 1. The molecule has 146 valence electrons. The Hall–Kier alpha value is -1.53. The fourth-order valence-corrected chi connectivity index (χ4v) is 3.43. The molecule has 0 amide bonds. The van der Waals surface area contributed by atoms with Crippen molar-refractivity contribution in [1.29, 1.82) is 0 Å². The van der Waals surface area contributed by atoms with Gasteiger partial charge in [0.05, 0.1) is 16.1 Å². The largest absolute Gasteiger partial charge is 0.870 e. The molecule has 0 spiro atoms. The van der Waals surface area contributed by atoms with Gasteiger partial charge in [-0.1, -0.05) is 41.6 Å². The van der Waals surface area contributed by atoms with Crippen molar-refractivity contribution in [2.75, 3.05) is 0 Å². The van der Waals surface area contributed by atoms with Gasteiger partial charge in [0.2, 0.25) is 0 Å².